The third-order valence-electron chi connectivity index (χ3n) is 1.94. The second-order valence-corrected chi connectivity index (χ2v) is 5.91. The Morgan fingerprint density at radius 3 is 2.53 bits per heavy atom. The fraction of sp³-hybridized carbons (Fsp3) is 0.273. The third-order valence-corrected chi connectivity index (χ3v) is 3.04. The minimum absolute atomic E-state index is 0.129. The van der Waals surface area contributed by atoms with Gasteiger partial charge in [-0.3, -0.25) is 0 Å². The molecule has 1 aromatic rings. The summed E-state index contributed by atoms with van der Waals surface area (Å²) in [5.74, 6) is 0.376. The van der Waals surface area contributed by atoms with Gasteiger partial charge in [-0.2, -0.15) is 0 Å². The zero-order chi connectivity index (χ0) is 13.0. The molecule has 7 N–H and O–H groups in total. The largest absolute Gasteiger partial charge is 0.398 e. The van der Waals surface area contributed by atoms with E-state index < -0.39 is 0 Å². The van der Waals surface area contributed by atoms with Crippen molar-refractivity contribution in [3.8, 4) is 0 Å². The van der Waals surface area contributed by atoms with Gasteiger partial charge in [-0.25, -0.2) is 4.99 Å². The molecule has 0 bridgehead atoms. The number of hydrogen-bond acceptors (Lipinski definition) is 3. The summed E-state index contributed by atoms with van der Waals surface area (Å²) < 4.78 is 0. The Morgan fingerprint density at radius 2 is 2.00 bits per heavy atom. The van der Waals surface area contributed by atoms with Gasteiger partial charge in [-0.15, -0.1) is 11.8 Å². The molecule has 0 heterocycles. The number of thioether (sulfide) groups is 1. The predicted molar refractivity (Wildman–Crippen MR) is 77.9 cm³/mol. The molecule has 0 amide bonds. The van der Waals surface area contributed by atoms with Crippen molar-refractivity contribution in [3.63, 3.8) is 0 Å². The van der Waals surface area contributed by atoms with Crippen molar-refractivity contribution in [2.24, 2.45) is 11.5 Å². The predicted octanol–water partition coefficient (Wildman–Crippen LogP) is -0.201. The normalized spacial score (nSPS) is 11.8. The van der Waals surface area contributed by atoms with Crippen LogP contribution in [0, 0.1) is 0 Å². The molecular weight excluding hydrogens is 252 g/mol. The molecule has 0 fully saturated rings. The number of anilines is 1. The summed E-state index contributed by atoms with van der Waals surface area (Å²) in [4.78, 5) is 3.80. The van der Waals surface area contributed by atoms with Crippen LogP contribution in [0.4, 0.5) is 5.69 Å². The monoisotopic (exact) mass is 269 g/mol. The van der Waals surface area contributed by atoms with E-state index in [2.05, 4.69) is 18.8 Å². The average molecular weight is 269 g/mol. The summed E-state index contributed by atoms with van der Waals surface area (Å²) in [5, 5.41) is 0.625. The highest BCUT2D eigenvalue weighted by Gasteiger charge is 2.09. The molecule has 0 unspecified atom stereocenters. The summed E-state index contributed by atoms with van der Waals surface area (Å²) in [6.07, 6.45) is 0. The van der Waals surface area contributed by atoms with Gasteiger partial charge in [0.25, 0.3) is 5.11 Å². The van der Waals surface area contributed by atoms with Crippen LogP contribution in [0.15, 0.2) is 23.1 Å². The van der Waals surface area contributed by atoms with Gasteiger partial charge in [-0.1, -0.05) is 13.8 Å². The average Bonchev–Trinajstić information content (AvgIpc) is 2.19. The Balaban J connectivity index is 3.10. The fourth-order valence-corrected chi connectivity index (χ4v) is 2.30. The Bertz CT molecular complexity index is 455. The van der Waals surface area contributed by atoms with Crippen LogP contribution < -0.4 is 22.2 Å². The first kappa shape index (κ1) is 13.8. The van der Waals surface area contributed by atoms with Gasteiger partial charge in [0.15, 0.2) is 0 Å². The van der Waals surface area contributed by atoms with Gasteiger partial charge in [-0.05, 0) is 30.4 Å². The second kappa shape index (κ2) is 5.88. The Morgan fingerprint density at radius 1 is 1.35 bits per heavy atom. The molecule has 0 aliphatic rings. The molecule has 4 nitrogen and oxygen atoms in total. The second-order valence-electron chi connectivity index (χ2n) is 3.82. The maximum Gasteiger partial charge on any atom is 0.285 e. The lowest BCUT2D eigenvalue weighted by Crippen LogP contribution is -2.81. The van der Waals surface area contributed by atoms with Gasteiger partial charge in [0.05, 0.1) is 5.56 Å². The summed E-state index contributed by atoms with van der Waals surface area (Å²) >= 11 is 6.48. The van der Waals surface area contributed by atoms with Crippen LogP contribution in [0.1, 0.15) is 19.4 Å². The van der Waals surface area contributed by atoms with E-state index in [1.165, 1.54) is 0 Å². The molecule has 92 valence electrons. The molecule has 0 aromatic heterocycles. The zero-order valence-corrected chi connectivity index (χ0v) is 11.5. The van der Waals surface area contributed by atoms with Crippen LogP contribution in [-0.2, 0) is 0 Å². The first-order valence-corrected chi connectivity index (χ1v) is 6.44. The minimum Gasteiger partial charge on any atom is -0.398 e. The molecule has 0 saturated carbocycles. The van der Waals surface area contributed by atoms with E-state index in [1.54, 1.807) is 11.8 Å². The van der Waals surface area contributed by atoms with Gasteiger partial charge in [0.1, 0.15) is 0 Å². The molecular formula is C11H17N4S2+. The summed E-state index contributed by atoms with van der Waals surface area (Å²) in [6.45, 7) is 4.25. The van der Waals surface area contributed by atoms with Crippen LogP contribution in [0.5, 0.6) is 0 Å². The van der Waals surface area contributed by atoms with Crippen molar-refractivity contribution in [1.82, 2.24) is 0 Å². The van der Waals surface area contributed by atoms with E-state index in [1.807, 2.05) is 18.2 Å². The number of nitrogen functional groups attached to an aromatic ring is 2. The quantitative estimate of drug-likeness (QED) is 0.200. The molecule has 0 radical (unpaired) electrons. The van der Waals surface area contributed by atoms with Crippen molar-refractivity contribution in [2.75, 3.05) is 5.73 Å². The maximum absolute atomic E-state index is 5.86. The summed E-state index contributed by atoms with van der Waals surface area (Å²) in [7, 11) is 0. The maximum atomic E-state index is 5.86. The molecule has 6 heteroatoms. The number of hydrogen-bond donors (Lipinski definition) is 4. The zero-order valence-electron chi connectivity index (χ0n) is 9.86. The molecule has 0 saturated heterocycles. The van der Waals surface area contributed by atoms with E-state index in [-0.39, 0.29) is 5.11 Å². The molecule has 0 spiro atoms. The Hall–Kier alpha value is -1.27. The van der Waals surface area contributed by atoms with E-state index in [0.29, 0.717) is 16.8 Å². The number of nitrogens with one attached hydrogen (secondary N) is 1. The van der Waals surface area contributed by atoms with Crippen molar-refractivity contribution in [2.45, 2.75) is 24.0 Å². The van der Waals surface area contributed by atoms with E-state index in [9.17, 15) is 0 Å². The van der Waals surface area contributed by atoms with Crippen molar-refractivity contribution in [1.29, 1.82) is 0 Å². The van der Waals surface area contributed by atoms with Crippen LogP contribution in [0.25, 0.3) is 0 Å². The number of benzene rings is 1. The third kappa shape index (κ3) is 4.24. The molecule has 0 aliphatic carbocycles. The smallest absolute Gasteiger partial charge is 0.285 e. The lowest BCUT2D eigenvalue weighted by atomic mass is 10.1. The van der Waals surface area contributed by atoms with E-state index >= 15 is 0 Å². The number of thiocarbonyl (C=S) groups is 1. The molecule has 1 aromatic carbocycles. The van der Waals surface area contributed by atoms with Crippen LogP contribution in [-0.4, -0.2) is 16.2 Å². The van der Waals surface area contributed by atoms with Gasteiger partial charge in [0, 0.05) is 15.8 Å². The molecule has 0 atom stereocenters. The van der Waals surface area contributed by atoms with E-state index in [0.717, 1.165) is 10.5 Å². The van der Waals surface area contributed by atoms with Gasteiger partial charge in [0.2, 0.25) is 5.84 Å². The highest BCUT2D eigenvalue weighted by molar-refractivity contribution is 7.99. The van der Waals surface area contributed by atoms with Gasteiger partial charge >= 0.3 is 0 Å². The Labute approximate surface area is 111 Å². The van der Waals surface area contributed by atoms with Crippen LogP contribution in [0.3, 0.4) is 0 Å². The highest BCUT2D eigenvalue weighted by Crippen LogP contribution is 2.25. The number of nitrogens with two attached hydrogens (primary N) is 3. The number of rotatable bonds is 3. The molecule has 1 rings (SSSR count). The first-order chi connectivity index (χ1) is 7.90. The lowest BCUT2D eigenvalue weighted by Gasteiger charge is -2.08. The topological polar surface area (TPSA) is 92.0 Å². The van der Waals surface area contributed by atoms with Crippen LogP contribution >= 0.6 is 24.0 Å². The van der Waals surface area contributed by atoms with Crippen molar-refractivity contribution in [3.05, 3.63) is 23.8 Å². The van der Waals surface area contributed by atoms with Crippen LogP contribution in [0.2, 0.25) is 0 Å². The van der Waals surface area contributed by atoms with E-state index in [4.69, 9.17) is 29.4 Å². The van der Waals surface area contributed by atoms with Crippen molar-refractivity contribution < 1.29 is 4.99 Å². The summed E-state index contributed by atoms with van der Waals surface area (Å²) in [6, 6.07) is 5.73. The minimum atomic E-state index is 0.129. The lowest BCUT2D eigenvalue weighted by molar-refractivity contribution is -0.313. The fourth-order valence-electron chi connectivity index (χ4n) is 1.31. The Kier molecular flexibility index (Phi) is 4.77. The first-order valence-electron chi connectivity index (χ1n) is 5.15. The molecule has 17 heavy (non-hydrogen) atoms. The standard InChI is InChI=1S/C11H16N4S2/c1-6(2)17-7-3-4-9(12)8(5-7)10(13)15-11(14)16/h3-6H,12H2,1-2H3,(H4,13,14,15,16)/p+1. The SMILES string of the molecule is CC(C)Sc1ccc(N)c(/C(N)=[NH+]/C(N)=S)c1. The summed E-state index contributed by atoms with van der Waals surface area (Å²) in [5.41, 5.74) is 18.4. The van der Waals surface area contributed by atoms with Crippen molar-refractivity contribution >= 4 is 40.6 Å². The number of amidine groups is 1. The highest BCUT2D eigenvalue weighted by atomic mass is 32.2. The van der Waals surface area contributed by atoms with Gasteiger partial charge < -0.3 is 17.2 Å². The molecule has 0 aliphatic heterocycles.